The van der Waals surface area contributed by atoms with E-state index in [0.717, 1.165) is 32.2 Å². The summed E-state index contributed by atoms with van der Waals surface area (Å²) in [6.07, 6.45) is 4.82. The van der Waals surface area contributed by atoms with Gasteiger partial charge in [-0.25, -0.2) is 4.39 Å². The molecular formula is C19H25FN2O2. The molecule has 5 heteroatoms. The Morgan fingerprint density at radius 3 is 2.29 bits per heavy atom. The quantitative estimate of drug-likeness (QED) is 0.835. The lowest BCUT2D eigenvalue weighted by atomic mass is 9.92. The molecule has 0 N–H and O–H groups in total. The van der Waals surface area contributed by atoms with E-state index < -0.39 is 0 Å². The van der Waals surface area contributed by atoms with Crippen LogP contribution >= 0.6 is 0 Å². The topological polar surface area (TPSA) is 40.6 Å². The van der Waals surface area contributed by atoms with Gasteiger partial charge in [0.15, 0.2) is 0 Å². The highest BCUT2D eigenvalue weighted by Gasteiger charge is 2.33. The standard InChI is InChI=1S/C19H25FN2O2/c1-14-4-2-3-11-22(14)19(24)16-9-12-21(13-10-16)18(23)15-5-7-17(20)8-6-15/h5-8,14,16H,2-4,9-13H2,1H3/t14-/m1/s1. The Balaban J connectivity index is 1.56. The lowest BCUT2D eigenvalue weighted by Crippen LogP contribution is -2.48. The van der Waals surface area contributed by atoms with Crippen LogP contribution < -0.4 is 0 Å². The predicted molar refractivity (Wildman–Crippen MR) is 90.1 cm³/mol. The van der Waals surface area contributed by atoms with E-state index in [1.807, 2.05) is 4.90 Å². The average Bonchev–Trinajstić information content (AvgIpc) is 2.62. The Labute approximate surface area is 142 Å². The predicted octanol–water partition coefficient (Wildman–Crippen LogP) is 3.08. The van der Waals surface area contributed by atoms with Gasteiger partial charge in [0, 0.05) is 37.2 Å². The SMILES string of the molecule is C[C@@H]1CCCCN1C(=O)C1CCN(C(=O)c2ccc(F)cc2)CC1. The second-order valence-electron chi connectivity index (χ2n) is 6.95. The molecule has 3 rings (SSSR count). The van der Waals surface area contributed by atoms with Crippen LogP contribution in [-0.4, -0.2) is 47.3 Å². The minimum Gasteiger partial charge on any atom is -0.340 e. The van der Waals surface area contributed by atoms with Gasteiger partial charge in [0.2, 0.25) is 5.91 Å². The molecule has 0 aliphatic carbocycles. The number of hydrogen-bond donors (Lipinski definition) is 0. The van der Waals surface area contributed by atoms with Gasteiger partial charge in [-0.05, 0) is 63.3 Å². The first-order valence-electron chi connectivity index (χ1n) is 8.91. The minimum atomic E-state index is -0.341. The summed E-state index contributed by atoms with van der Waals surface area (Å²) >= 11 is 0. The number of carbonyl (C=O) groups excluding carboxylic acids is 2. The van der Waals surface area contributed by atoms with Crippen molar-refractivity contribution in [3.63, 3.8) is 0 Å². The number of rotatable bonds is 2. The van der Waals surface area contributed by atoms with E-state index in [4.69, 9.17) is 0 Å². The lowest BCUT2D eigenvalue weighted by molar-refractivity contribution is -0.140. The number of halogens is 1. The van der Waals surface area contributed by atoms with Crippen molar-refractivity contribution < 1.29 is 14.0 Å². The van der Waals surface area contributed by atoms with Crippen molar-refractivity contribution in [1.29, 1.82) is 0 Å². The number of benzene rings is 1. The summed E-state index contributed by atoms with van der Waals surface area (Å²) in [5.41, 5.74) is 0.505. The molecule has 4 nitrogen and oxygen atoms in total. The van der Waals surface area contributed by atoms with E-state index in [1.165, 1.54) is 30.7 Å². The van der Waals surface area contributed by atoms with Crippen LogP contribution in [0.5, 0.6) is 0 Å². The third-order valence-corrected chi connectivity index (χ3v) is 5.31. The molecule has 24 heavy (non-hydrogen) atoms. The van der Waals surface area contributed by atoms with Crippen molar-refractivity contribution in [2.45, 2.75) is 45.1 Å². The Hall–Kier alpha value is -1.91. The highest BCUT2D eigenvalue weighted by atomic mass is 19.1. The summed E-state index contributed by atoms with van der Waals surface area (Å²) < 4.78 is 13.0. The van der Waals surface area contributed by atoms with Gasteiger partial charge in [-0.1, -0.05) is 0 Å². The van der Waals surface area contributed by atoms with Gasteiger partial charge >= 0.3 is 0 Å². The zero-order chi connectivity index (χ0) is 17.1. The van der Waals surface area contributed by atoms with Crippen molar-refractivity contribution in [3.05, 3.63) is 35.6 Å². The normalized spacial score (nSPS) is 22.5. The maximum Gasteiger partial charge on any atom is 0.253 e. The fourth-order valence-electron chi connectivity index (χ4n) is 3.76. The van der Waals surface area contributed by atoms with Crippen molar-refractivity contribution in [2.24, 2.45) is 5.92 Å². The van der Waals surface area contributed by atoms with Gasteiger partial charge in [-0.2, -0.15) is 0 Å². The molecule has 2 aliphatic heterocycles. The number of likely N-dealkylation sites (tertiary alicyclic amines) is 2. The molecule has 0 saturated carbocycles. The Bertz CT molecular complexity index is 594. The Kier molecular flexibility index (Phi) is 5.17. The molecule has 0 radical (unpaired) electrons. The highest BCUT2D eigenvalue weighted by molar-refractivity contribution is 5.94. The van der Waals surface area contributed by atoms with Gasteiger partial charge in [0.25, 0.3) is 5.91 Å². The van der Waals surface area contributed by atoms with Crippen molar-refractivity contribution in [1.82, 2.24) is 9.80 Å². The summed E-state index contributed by atoms with van der Waals surface area (Å²) in [5.74, 6) is -0.127. The number of carbonyl (C=O) groups is 2. The van der Waals surface area contributed by atoms with Crippen LogP contribution in [0, 0.1) is 11.7 Å². The fraction of sp³-hybridized carbons (Fsp3) is 0.579. The average molecular weight is 332 g/mol. The molecule has 2 aliphatic rings. The largest absolute Gasteiger partial charge is 0.340 e. The Morgan fingerprint density at radius 2 is 1.67 bits per heavy atom. The van der Waals surface area contributed by atoms with Gasteiger partial charge < -0.3 is 9.80 Å². The molecule has 0 spiro atoms. The van der Waals surface area contributed by atoms with Gasteiger partial charge in [-0.3, -0.25) is 9.59 Å². The van der Waals surface area contributed by atoms with Crippen LogP contribution in [0.4, 0.5) is 4.39 Å². The summed E-state index contributed by atoms with van der Waals surface area (Å²) in [5, 5.41) is 0. The van der Waals surface area contributed by atoms with Crippen LogP contribution in [0.2, 0.25) is 0 Å². The maximum atomic E-state index is 13.0. The van der Waals surface area contributed by atoms with Crippen LogP contribution in [0.1, 0.15) is 49.4 Å². The summed E-state index contributed by atoms with van der Waals surface area (Å²) in [7, 11) is 0. The van der Waals surface area contributed by atoms with Crippen molar-refractivity contribution in [2.75, 3.05) is 19.6 Å². The molecule has 2 fully saturated rings. The molecule has 2 heterocycles. The first kappa shape index (κ1) is 16.9. The van der Waals surface area contributed by atoms with Crippen molar-refractivity contribution in [3.8, 4) is 0 Å². The third-order valence-electron chi connectivity index (χ3n) is 5.31. The zero-order valence-corrected chi connectivity index (χ0v) is 14.2. The number of nitrogens with zero attached hydrogens (tertiary/aromatic N) is 2. The first-order chi connectivity index (χ1) is 11.6. The number of amides is 2. The van der Waals surface area contributed by atoms with E-state index in [1.54, 1.807) is 4.90 Å². The monoisotopic (exact) mass is 332 g/mol. The molecule has 2 saturated heterocycles. The zero-order valence-electron chi connectivity index (χ0n) is 14.2. The maximum absolute atomic E-state index is 13.0. The summed E-state index contributed by atoms with van der Waals surface area (Å²) in [6.45, 7) is 4.18. The van der Waals surface area contributed by atoms with E-state index in [0.29, 0.717) is 24.7 Å². The van der Waals surface area contributed by atoms with E-state index in [9.17, 15) is 14.0 Å². The van der Waals surface area contributed by atoms with E-state index in [2.05, 4.69) is 6.92 Å². The molecule has 2 amide bonds. The van der Waals surface area contributed by atoms with Crippen LogP contribution in [0.3, 0.4) is 0 Å². The van der Waals surface area contributed by atoms with Crippen LogP contribution in [0.25, 0.3) is 0 Å². The molecule has 1 atom stereocenters. The van der Waals surface area contributed by atoms with Crippen LogP contribution in [-0.2, 0) is 4.79 Å². The molecule has 0 aromatic heterocycles. The molecular weight excluding hydrogens is 307 g/mol. The minimum absolute atomic E-state index is 0.0304. The van der Waals surface area contributed by atoms with Crippen LogP contribution in [0.15, 0.2) is 24.3 Å². The lowest BCUT2D eigenvalue weighted by Gasteiger charge is -2.38. The van der Waals surface area contributed by atoms with E-state index in [-0.39, 0.29) is 23.5 Å². The first-order valence-corrected chi connectivity index (χ1v) is 8.91. The van der Waals surface area contributed by atoms with Gasteiger partial charge in [0.1, 0.15) is 5.82 Å². The summed E-state index contributed by atoms with van der Waals surface area (Å²) in [4.78, 5) is 29.0. The number of piperidine rings is 2. The molecule has 1 aromatic rings. The molecule has 0 bridgehead atoms. The summed E-state index contributed by atoms with van der Waals surface area (Å²) in [6, 6.07) is 5.99. The van der Waals surface area contributed by atoms with Gasteiger partial charge in [-0.15, -0.1) is 0 Å². The second kappa shape index (κ2) is 7.32. The molecule has 1 aromatic carbocycles. The fourth-order valence-corrected chi connectivity index (χ4v) is 3.76. The second-order valence-corrected chi connectivity index (χ2v) is 6.95. The third kappa shape index (κ3) is 3.60. The molecule has 0 unspecified atom stereocenters. The molecule has 130 valence electrons. The smallest absolute Gasteiger partial charge is 0.253 e. The van der Waals surface area contributed by atoms with E-state index >= 15 is 0 Å². The van der Waals surface area contributed by atoms with Crippen molar-refractivity contribution >= 4 is 11.8 Å². The number of hydrogen-bond acceptors (Lipinski definition) is 2. The van der Waals surface area contributed by atoms with Gasteiger partial charge in [0.05, 0.1) is 0 Å². The highest BCUT2D eigenvalue weighted by Crippen LogP contribution is 2.25. The Morgan fingerprint density at radius 1 is 1.00 bits per heavy atom.